The number of carbonyl (C=O) groups excluding carboxylic acids is 2. The van der Waals surface area contributed by atoms with Crippen LogP contribution in [0.2, 0.25) is 0 Å². The Morgan fingerprint density at radius 1 is 0.923 bits per heavy atom. The summed E-state index contributed by atoms with van der Waals surface area (Å²) in [7, 11) is 2.46. The van der Waals surface area contributed by atoms with Crippen LogP contribution in [0.15, 0.2) is 38.6 Å². The van der Waals surface area contributed by atoms with Gasteiger partial charge in [-0.2, -0.15) is 0 Å². The van der Waals surface area contributed by atoms with Gasteiger partial charge >= 0.3 is 17.1 Å². The van der Waals surface area contributed by atoms with Crippen molar-refractivity contribution >= 4 is 17.5 Å². The molecule has 0 saturated heterocycles. The highest BCUT2D eigenvalue weighted by Crippen LogP contribution is 2.09. The van der Waals surface area contributed by atoms with Gasteiger partial charge in [-0.25, -0.2) is 28.1 Å². The summed E-state index contributed by atoms with van der Waals surface area (Å²) in [5, 5.41) is 5.22. The number of amides is 2. The Morgan fingerprint density at radius 2 is 1.46 bits per heavy atom. The molecule has 0 aliphatic carbocycles. The van der Waals surface area contributed by atoms with Crippen molar-refractivity contribution < 1.29 is 9.59 Å². The summed E-state index contributed by atoms with van der Waals surface area (Å²) in [6.45, 7) is 1.09. The number of rotatable bonds is 5. The summed E-state index contributed by atoms with van der Waals surface area (Å²) < 4.78 is 2.21. The fourth-order valence-electron chi connectivity index (χ4n) is 2.28. The lowest BCUT2D eigenvalue weighted by Gasteiger charge is -2.10. The summed E-state index contributed by atoms with van der Waals surface area (Å²) in [4.78, 5) is 58.6. The summed E-state index contributed by atoms with van der Waals surface area (Å²) in [5.74, 6) is -0.732. The van der Waals surface area contributed by atoms with Gasteiger partial charge in [0.05, 0.1) is 0 Å². The standard InChI is InChI=1S/C16H19N5O5/c1-10(22)18-12-6-4-11(5-7-12)8-17-13(23)9-21-15(25)19(2)14(24)20(3)16(21)26/h4-7H,8-9H2,1-3H3,(H,17,23)(H,18,22). The minimum absolute atomic E-state index is 0.181. The maximum absolute atomic E-state index is 12.0. The van der Waals surface area contributed by atoms with Gasteiger partial charge in [-0.3, -0.25) is 9.59 Å². The van der Waals surface area contributed by atoms with Gasteiger partial charge in [-0.05, 0) is 17.7 Å². The van der Waals surface area contributed by atoms with Crippen molar-refractivity contribution in [1.29, 1.82) is 0 Å². The molecular weight excluding hydrogens is 342 g/mol. The van der Waals surface area contributed by atoms with Crippen LogP contribution in [0.5, 0.6) is 0 Å². The van der Waals surface area contributed by atoms with Crippen LogP contribution in [0.1, 0.15) is 12.5 Å². The first-order valence-corrected chi connectivity index (χ1v) is 7.70. The van der Waals surface area contributed by atoms with E-state index < -0.39 is 29.5 Å². The molecule has 2 rings (SSSR count). The molecule has 0 saturated carbocycles. The molecule has 0 bridgehead atoms. The molecule has 138 valence electrons. The van der Waals surface area contributed by atoms with Crippen LogP contribution in [-0.4, -0.2) is 25.5 Å². The Balaban J connectivity index is 2.06. The average molecular weight is 361 g/mol. The SMILES string of the molecule is CC(=O)Nc1ccc(CNC(=O)Cn2c(=O)n(C)c(=O)n(C)c2=O)cc1. The van der Waals surface area contributed by atoms with Crippen LogP contribution >= 0.6 is 0 Å². The van der Waals surface area contributed by atoms with E-state index >= 15 is 0 Å². The van der Waals surface area contributed by atoms with Crippen LogP contribution in [0.3, 0.4) is 0 Å². The minimum Gasteiger partial charge on any atom is -0.350 e. The fourth-order valence-corrected chi connectivity index (χ4v) is 2.28. The van der Waals surface area contributed by atoms with Gasteiger partial charge in [0, 0.05) is 33.3 Å². The Bertz CT molecular complexity index is 973. The molecule has 0 fully saturated rings. The van der Waals surface area contributed by atoms with E-state index in [0.717, 1.165) is 14.7 Å². The third-order valence-corrected chi connectivity index (χ3v) is 3.68. The van der Waals surface area contributed by atoms with Crippen molar-refractivity contribution in [1.82, 2.24) is 19.0 Å². The van der Waals surface area contributed by atoms with Crippen molar-refractivity contribution in [2.45, 2.75) is 20.0 Å². The second-order valence-corrected chi connectivity index (χ2v) is 5.71. The smallest absolute Gasteiger partial charge is 0.336 e. The predicted molar refractivity (Wildman–Crippen MR) is 93.8 cm³/mol. The van der Waals surface area contributed by atoms with Gasteiger partial charge in [-0.1, -0.05) is 12.1 Å². The Morgan fingerprint density at radius 3 is 1.96 bits per heavy atom. The molecule has 1 aromatic heterocycles. The summed E-state index contributed by atoms with van der Waals surface area (Å²) >= 11 is 0. The third kappa shape index (κ3) is 4.15. The molecule has 0 spiro atoms. The van der Waals surface area contributed by atoms with E-state index in [-0.39, 0.29) is 12.5 Å². The zero-order valence-electron chi connectivity index (χ0n) is 14.6. The first-order valence-electron chi connectivity index (χ1n) is 7.70. The average Bonchev–Trinajstić information content (AvgIpc) is 2.61. The molecule has 26 heavy (non-hydrogen) atoms. The number of nitrogens with zero attached hydrogens (tertiary/aromatic N) is 3. The number of hydrogen-bond donors (Lipinski definition) is 2. The number of benzene rings is 1. The van der Waals surface area contributed by atoms with Crippen LogP contribution in [0.25, 0.3) is 0 Å². The van der Waals surface area contributed by atoms with E-state index in [1.165, 1.54) is 21.0 Å². The number of carbonyl (C=O) groups is 2. The molecule has 0 unspecified atom stereocenters. The number of nitrogens with one attached hydrogen (secondary N) is 2. The van der Waals surface area contributed by atoms with Crippen LogP contribution in [0.4, 0.5) is 5.69 Å². The number of aromatic nitrogens is 3. The minimum atomic E-state index is -0.854. The molecule has 0 aliphatic rings. The maximum atomic E-state index is 12.0. The Hall–Kier alpha value is -3.43. The zero-order chi connectivity index (χ0) is 19.4. The van der Waals surface area contributed by atoms with E-state index in [9.17, 15) is 24.0 Å². The first kappa shape index (κ1) is 18.9. The summed E-state index contributed by atoms with van der Waals surface area (Å²) in [6, 6.07) is 6.83. The molecule has 2 aromatic rings. The lowest BCUT2D eigenvalue weighted by atomic mass is 10.2. The normalized spacial score (nSPS) is 10.4. The molecule has 0 aliphatic heterocycles. The molecule has 0 atom stereocenters. The molecule has 10 nitrogen and oxygen atoms in total. The van der Waals surface area contributed by atoms with E-state index in [0.29, 0.717) is 10.3 Å². The molecular formula is C16H19N5O5. The highest BCUT2D eigenvalue weighted by atomic mass is 16.2. The zero-order valence-corrected chi connectivity index (χ0v) is 14.6. The van der Waals surface area contributed by atoms with Gasteiger partial charge < -0.3 is 10.6 Å². The fraction of sp³-hybridized carbons (Fsp3) is 0.312. The Kier molecular flexibility index (Phi) is 5.55. The maximum Gasteiger partial charge on any atom is 0.336 e. The van der Waals surface area contributed by atoms with Crippen LogP contribution < -0.4 is 27.7 Å². The van der Waals surface area contributed by atoms with Crippen molar-refractivity contribution in [2.24, 2.45) is 14.1 Å². The molecule has 2 N–H and O–H groups in total. The first-order chi connectivity index (χ1) is 12.2. The number of anilines is 1. The molecule has 0 radical (unpaired) electrons. The van der Waals surface area contributed by atoms with Gasteiger partial charge in [0.1, 0.15) is 6.54 Å². The van der Waals surface area contributed by atoms with Crippen molar-refractivity contribution in [3.63, 3.8) is 0 Å². The molecule has 10 heteroatoms. The van der Waals surface area contributed by atoms with Gasteiger partial charge in [-0.15, -0.1) is 0 Å². The van der Waals surface area contributed by atoms with E-state index in [1.54, 1.807) is 24.3 Å². The van der Waals surface area contributed by atoms with Gasteiger partial charge in [0.2, 0.25) is 11.8 Å². The van der Waals surface area contributed by atoms with Crippen molar-refractivity contribution in [3.8, 4) is 0 Å². The van der Waals surface area contributed by atoms with E-state index in [1.807, 2.05) is 0 Å². The quantitative estimate of drug-likeness (QED) is 0.672. The van der Waals surface area contributed by atoms with Crippen LogP contribution in [-0.2, 0) is 36.8 Å². The lowest BCUT2D eigenvalue weighted by molar-refractivity contribution is -0.122. The second-order valence-electron chi connectivity index (χ2n) is 5.71. The molecule has 1 heterocycles. The monoisotopic (exact) mass is 361 g/mol. The van der Waals surface area contributed by atoms with E-state index in [4.69, 9.17) is 0 Å². The largest absolute Gasteiger partial charge is 0.350 e. The van der Waals surface area contributed by atoms with Crippen LogP contribution in [0, 0.1) is 0 Å². The highest BCUT2D eigenvalue weighted by molar-refractivity contribution is 5.88. The van der Waals surface area contributed by atoms with E-state index in [2.05, 4.69) is 10.6 Å². The molecule has 1 aromatic carbocycles. The predicted octanol–water partition coefficient (Wildman–Crippen LogP) is -1.48. The second kappa shape index (κ2) is 7.64. The van der Waals surface area contributed by atoms with Crippen molar-refractivity contribution in [3.05, 3.63) is 61.3 Å². The van der Waals surface area contributed by atoms with Gasteiger partial charge in [0.25, 0.3) is 0 Å². The number of hydrogen-bond acceptors (Lipinski definition) is 5. The van der Waals surface area contributed by atoms with Crippen molar-refractivity contribution in [2.75, 3.05) is 5.32 Å². The molecule has 2 amide bonds. The Labute approximate surface area is 147 Å². The van der Waals surface area contributed by atoms with Gasteiger partial charge in [0.15, 0.2) is 0 Å². The topological polar surface area (TPSA) is 124 Å². The third-order valence-electron chi connectivity index (χ3n) is 3.68. The highest BCUT2D eigenvalue weighted by Gasteiger charge is 2.13. The summed E-state index contributed by atoms with van der Waals surface area (Å²) in [6.07, 6.45) is 0. The summed E-state index contributed by atoms with van der Waals surface area (Å²) in [5.41, 5.74) is -1.06. The lowest BCUT2D eigenvalue weighted by Crippen LogP contribution is -2.54.